The molecule has 0 radical (unpaired) electrons. The molecule has 1 aliphatic rings. The minimum absolute atomic E-state index is 0. The summed E-state index contributed by atoms with van der Waals surface area (Å²) < 4.78 is 0. The summed E-state index contributed by atoms with van der Waals surface area (Å²) in [6.45, 7) is 1.55. The number of nitrogens with zero attached hydrogens (tertiary/aromatic N) is 2. The lowest BCUT2D eigenvalue weighted by molar-refractivity contribution is 0.125. The maximum atomic E-state index is 5.44. The molecule has 0 unspecified atom stereocenters. The first-order valence-electron chi connectivity index (χ1n) is 6.69. The average Bonchev–Trinajstić information content (AvgIpc) is 2.57. The van der Waals surface area contributed by atoms with Crippen molar-refractivity contribution >= 4 is 18.1 Å². The van der Waals surface area contributed by atoms with Gasteiger partial charge < -0.3 is 9.74 Å². The van der Waals surface area contributed by atoms with Gasteiger partial charge in [0, 0.05) is 12.1 Å². The fourth-order valence-corrected chi connectivity index (χ4v) is 2.20. The summed E-state index contributed by atoms with van der Waals surface area (Å²) in [5, 5.41) is 4.35. The molecule has 3 nitrogen and oxygen atoms in total. The highest BCUT2D eigenvalue weighted by Gasteiger charge is 2.13. The molecular weight excluding hydrogens is 260 g/mol. The number of benzene rings is 1. The summed E-state index contributed by atoms with van der Waals surface area (Å²) in [5.74, 6) is 0. The number of likely N-dealkylation sites (N-methyl/N-ethyl adjacent to an activating group) is 1. The molecule has 0 aromatic heterocycles. The number of halogens is 1. The van der Waals surface area contributed by atoms with E-state index in [1.165, 1.54) is 24.0 Å². The molecule has 19 heavy (non-hydrogen) atoms. The second-order valence-corrected chi connectivity index (χ2v) is 5.04. The molecule has 0 saturated carbocycles. The second kappa shape index (κ2) is 8.18. The molecule has 106 valence electrons. The first-order valence-corrected chi connectivity index (χ1v) is 6.69. The van der Waals surface area contributed by atoms with Crippen LogP contribution >= 0.6 is 12.4 Å². The summed E-state index contributed by atoms with van der Waals surface area (Å²) in [6.07, 6.45) is 4.63. The van der Waals surface area contributed by atoms with Crippen LogP contribution in [0.3, 0.4) is 0 Å². The molecular formula is C15H23ClN2O. The van der Waals surface area contributed by atoms with Crippen LogP contribution in [0.1, 0.15) is 30.4 Å². The van der Waals surface area contributed by atoms with E-state index in [4.69, 9.17) is 4.84 Å². The first-order chi connectivity index (χ1) is 8.77. The van der Waals surface area contributed by atoms with Gasteiger partial charge in [-0.1, -0.05) is 29.4 Å². The second-order valence-electron chi connectivity index (χ2n) is 5.04. The van der Waals surface area contributed by atoms with Gasteiger partial charge in [0.2, 0.25) is 0 Å². The molecule has 2 rings (SSSR count). The SMILES string of the molecule is CN(C)CCO/N=C1\CCCCc2ccccc21.Cl. The Labute approximate surface area is 122 Å². The molecule has 0 spiro atoms. The molecule has 0 saturated heterocycles. The van der Waals surface area contributed by atoms with Gasteiger partial charge in [-0.05, 0) is 45.3 Å². The van der Waals surface area contributed by atoms with Gasteiger partial charge in [-0.2, -0.15) is 0 Å². The van der Waals surface area contributed by atoms with Gasteiger partial charge in [-0.3, -0.25) is 0 Å². The molecule has 0 bridgehead atoms. The van der Waals surface area contributed by atoms with Crippen molar-refractivity contribution in [2.45, 2.75) is 25.7 Å². The fraction of sp³-hybridized carbons (Fsp3) is 0.533. The van der Waals surface area contributed by atoms with Gasteiger partial charge in [0.1, 0.15) is 6.61 Å². The lowest BCUT2D eigenvalue weighted by Gasteiger charge is -2.10. The minimum atomic E-state index is 0. The molecule has 1 aliphatic carbocycles. The molecule has 0 heterocycles. The standard InChI is InChI=1S/C15H22N2O.ClH/c1-17(2)11-12-18-16-15-10-6-4-8-13-7-3-5-9-14(13)15;/h3,5,7,9H,4,6,8,10-12H2,1-2H3;1H/b16-15+;. The highest BCUT2D eigenvalue weighted by molar-refractivity contribution is 6.01. The molecule has 1 aromatic carbocycles. The van der Waals surface area contributed by atoms with Gasteiger partial charge in [0.15, 0.2) is 0 Å². The van der Waals surface area contributed by atoms with Crippen molar-refractivity contribution in [2.24, 2.45) is 5.16 Å². The van der Waals surface area contributed by atoms with Gasteiger partial charge in [0.25, 0.3) is 0 Å². The summed E-state index contributed by atoms with van der Waals surface area (Å²) in [5.41, 5.74) is 3.80. The van der Waals surface area contributed by atoms with Crippen molar-refractivity contribution in [3.63, 3.8) is 0 Å². The van der Waals surface area contributed by atoms with Crippen molar-refractivity contribution in [1.29, 1.82) is 0 Å². The van der Waals surface area contributed by atoms with Gasteiger partial charge in [-0.25, -0.2) is 0 Å². The van der Waals surface area contributed by atoms with Gasteiger partial charge in [-0.15, -0.1) is 12.4 Å². The van der Waals surface area contributed by atoms with Crippen LogP contribution in [-0.2, 0) is 11.3 Å². The Morgan fingerprint density at radius 3 is 2.68 bits per heavy atom. The molecule has 0 amide bonds. The number of hydrogen-bond acceptors (Lipinski definition) is 3. The van der Waals surface area contributed by atoms with Crippen LogP contribution < -0.4 is 0 Å². The van der Waals surface area contributed by atoms with Gasteiger partial charge in [0.05, 0.1) is 5.71 Å². The third kappa shape index (κ3) is 4.84. The lowest BCUT2D eigenvalue weighted by atomic mass is 10.0. The number of hydrogen-bond donors (Lipinski definition) is 0. The Hall–Kier alpha value is -1.06. The van der Waals surface area contributed by atoms with Crippen LogP contribution in [0, 0.1) is 0 Å². The van der Waals surface area contributed by atoms with Crippen LogP contribution in [0.5, 0.6) is 0 Å². The van der Waals surface area contributed by atoms with E-state index in [-0.39, 0.29) is 12.4 Å². The number of fused-ring (bicyclic) bond motifs is 1. The van der Waals surface area contributed by atoms with E-state index in [0.29, 0.717) is 6.61 Å². The van der Waals surface area contributed by atoms with E-state index >= 15 is 0 Å². The largest absolute Gasteiger partial charge is 0.394 e. The van der Waals surface area contributed by atoms with Crippen LogP contribution in [-0.4, -0.2) is 37.9 Å². The topological polar surface area (TPSA) is 24.8 Å². The molecule has 0 atom stereocenters. The molecule has 0 fully saturated rings. The van der Waals surface area contributed by atoms with Crippen LogP contribution in [0.25, 0.3) is 0 Å². The van der Waals surface area contributed by atoms with E-state index < -0.39 is 0 Å². The molecule has 0 N–H and O–H groups in total. The maximum absolute atomic E-state index is 5.44. The Balaban J connectivity index is 0.00000180. The maximum Gasteiger partial charge on any atom is 0.129 e. The normalized spacial score (nSPS) is 16.7. The highest BCUT2D eigenvalue weighted by atomic mass is 35.5. The molecule has 1 aromatic rings. The fourth-order valence-electron chi connectivity index (χ4n) is 2.20. The van der Waals surface area contributed by atoms with Crippen molar-refractivity contribution < 1.29 is 4.84 Å². The van der Waals surface area contributed by atoms with E-state index in [9.17, 15) is 0 Å². The monoisotopic (exact) mass is 282 g/mol. The van der Waals surface area contributed by atoms with E-state index in [1.807, 2.05) is 14.1 Å². The quantitative estimate of drug-likeness (QED) is 0.482. The van der Waals surface area contributed by atoms with Crippen molar-refractivity contribution in [2.75, 3.05) is 27.2 Å². The summed E-state index contributed by atoms with van der Waals surface area (Å²) in [6, 6.07) is 8.55. The van der Waals surface area contributed by atoms with E-state index in [1.54, 1.807) is 0 Å². The Kier molecular flexibility index (Phi) is 6.89. The van der Waals surface area contributed by atoms with Crippen molar-refractivity contribution in [1.82, 2.24) is 4.90 Å². The van der Waals surface area contributed by atoms with Crippen LogP contribution in [0.4, 0.5) is 0 Å². The van der Waals surface area contributed by atoms with E-state index in [2.05, 4.69) is 34.3 Å². The lowest BCUT2D eigenvalue weighted by Crippen LogP contribution is -2.17. The zero-order chi connectivity index (χ0) is 12.8. The van der Waals surface area contributed by atoms with Crippen molar-refractivity contribution in [3.8, 4) is 0 Å². The third-order valence-corrected chi connectivity index (χ3v) is 3.24. The smallest absolute Gasteiger partial charge is 0.129 e. The van der Waals surface area contributed by atoms with E-state index in [0.717, 1.165) is 25.1 Å². The Morgan fingerprint density at radius 1 is 1.16 bits per heavy atom. The molecule has 4 heteroatoms. The summed E-state index contributed by atoms with van der Waals surface area (Å²) in [4.78, 5) is 7.54. The molecule has 0 aliphatic heterocycles. The van der Waals surface area contributed by atoms with Gasteiger partial charge >= 0.3 is 0 Å². The third-order valence-electron chi connectivity index (χ3n) is 3.24. The van der Waals surface area contributed by atoms with Crippen LogP contribution in [0.2, 0.25) is 0 Å². The predicted octanol–water partition coefficient (Wildman–Crippen LogP) is 3.12. The Morgan fingerprint density at radius 2 is 1.89 bits per heavy atom. The van der Waals surface area contributed by atoms with Crippen LogP contribution in [0.15, 0.2) is 29.4 Å². The number of aryl methyl sites for hydroxylation is 1. The highest BCUT2D eigenvalue weighted by Crippen LogP contribution is 2.21. The average molecular weight is 283 g/mol. The first kappa shape index (κ1) is 16.0. The zero-order valence-corrected chi connectivity index (χ0v) is 12.6. The summed E-state index contributed by atoms with van der Waals surface area (Å²) >= 11 is 0. The zero-order valence-electron chi connectivity index (χ0n) is 11.8. The minimum Gasteiger partial charge on any atom is -0.394 e. The van der Waals surface area contributed by atoms with Crippen molar-refractivity contribution in [3.05, 3.63) is 35.4 Å². The Bertz CT molecular complexity index is 418. The number of rotatable bonds is 4. The predicted molar refractivity (Wildman–Crippen MR) is 82.3 cm³/mol. The number of oxime groups is 1. The summed E-state index contributed by atoms with van der Waals surface area (Å²) in [7, 11) is 4.08.